The lowest BCUT2D eigenvalue weighted by molar-refractivity contribution is -0.120. The number of hydrogen-bond donors (Lipinski definition) is 2. The Kier molecular flexibility index (Phi) is 7.18. The van der Waals surface area contributed by atoms with E-state index < -0.39 is 46.8 Å². The molecule has 0 saturated heterocycles. The third kappa shape index (κ3) is 5.94. The third-order valence-corrected chi connectivity index (χ3v) is 5.95. The zero-order valence-electron chi connectivity index (χ0n) is 17.9. The first-order chi connectivity index (χ1) is 15.4. The van der Waals surface area contributed by atoms with Gasteiger partial charge < -0.3 is 20.1 Å². The van der Waals surface area contributed by atoms with E-state index in [-0.39, 0.29) is 33.5 Å². The van der Waals surface area contributed by atoms with E-state index in [9.17, 15) is 28.3 Å². The van der Waals surface area contributed by atoms with Crippen LogP contribution in [0.3, 0.4) is 0 Å². The van der Waals surface area contributed by atoms with Crippen LogP contribution in [0.25, 0.3) is 0 Å². The summed E-state index contributed by atoms with van der Waals surface area (Å²) in [5, 5.41) is 12.0. The highest BCUT2D eigenvalue weighted by Gasteiger charge is 2.34. The largest absolute Gasteiger partial charge is 0.478 e. The van der Waals surface area contributed by atoms with Crippen molar-refractivity contribution in [2.75, 3.05) is 10.7 Å². The Labute approximate surface area is 198 Å². The number of benzene rings is 2. The van der Waals surface area contributed by atoms with Crippen molar-refractivity contribution >= 4 is 47.0 Å². The number of anilines is 1. The Hall–Kier alpha value is -2.85. The number of amides is 2. The van der Waals surface area contributed by atoms with Gasteiger partial charge in [0.25, 0.3) is 5.91 Å². The number of nitrogens with zero attached hydrogens (tertiary/aromatic N) is 1. The number of carbonyl (C=O) groups excluding carboxylic acids is 2. The molecule has 0 saturated carbocycles. The predicted octanol–water partition coefficient (Wildman–Crippen LogP) is 4.85. The summed E-state index contributed by atoms with van der Waals surface area (Å²) in [7, 11) is 0. The van der Waals surface area contributed by atoms with E-state index in [1.165, 1.54) is 12.1 Å². The fraction of sp³-hybridized carbons (Fsp3) is 0.318. The highest BCUT2D eigenvalue weighted by atomic mass is 35.5. The van der Waals surface area contributed by atoms with Gasteiger partial charge in [-0.2, -0.15) is 0 Å². The van der Waals surface area contributed by atoms with Gasteiger partial charge in [-0.25, -0.2) is 18.4 Å². The number of carboxylic acids is 1. The number of carboxylic acid groups (broad SMARTS) is 1. The van der Waals surface area contributed by atoms with Crippen LogP contribution >= 0.6 is 23.4 Å². The minimum atomic E-state index is -1.52. The van der Waals surface area contributed by atoms with Crippen LogP contribution in [0.15, 0.2) is 35.2 Å². The molecular formula is C22H21ClF2N2O5S. The molecule has 1 aliphatic heterocycles. The summed E-state index contributed by atoms with van der Waals surface area (Å²) in [6.45, 7) is 4.69. The maximum absolute atomic E-state index is 14.5. The number of ether oxygens (including phenoxy) is 1. The van der Waals surface area contributed by atoms with Crippen LogP contribution in [-0.2, 0) is 16.1 Å². The minimum Gasteiger partial charge on any atom is -0.478 e. The van der Waals surface area contributed by atoms with Gasteiger partial charge in [-0.1, -0.05) is 17.7 Å². The summed E-state index contributed by atoms with van der Waals surface area (Å²) in [6, 6.07) is 4.87. The molecule has 1 atom stereocenters. The van der Waals surface area contributed by atoms with Gasteiger partial charge >= 0.3 is 12.1 Å². The van der Waals surface area contributed by atoms with Crippen molar-refractivity contribution in [3.05, 3.63) is 58.1 Å². The molecule has 0 fully saturated rings. The van der Waals surface area contributed by atoms with Crippen LogP contribution in [0.2, 0.25) is 5.02 Å². The first kappa shape index (κ1) is 24.8. The van der Waals surface area contributed by atoms with Crippen LogP contribution in [0.5, 0.6) is 0 Å². The first-order valence-corrected chi connectivity index (χ1v) is 11.2. The molecular weight excluding hydrogens is 478 g/mol. The van der Waals surface area contributed by atoms with Gasteiger partial charge in [0.1, 0.15) is 23.3 Å². The number of hydrogen-bond acceptors (Lipinski definition) is 5. The van der Waals surface area contributed by atoms with Crippen LogP contribution in [-0.4, -0.2) is 40.5 Å². The molecule has 2 aromatic rings. The van der Waals surface area contributed by atoms with Crippen molar-refractivity contribution in [2.24, 2.45) is 0 Å². The Morgan fingerprint density at radius 1 is 1.24 bits per heavy atom. The summed E-state index contributed by atoms with van der Waals surface area (Å²) in [4.78, 5) is 38.6. The smallest absolute Gasteiger partial charge is 0.408 e. The summed E-state index contributed by atoms with van der Waals surface area (Å²) in [5.74, 6) is -3.78. The maximum Gasteiger partial charge on any atom is 0.408 e. The second-order valence-corrected chi connectivity index (χ2v) is 9.77. The van der Waals surface area contributed by atoms with E-state index in [4.69, 9.17) is 16.3 Å². The Bertz CT molecular complexity index is 1120. The molecule has 2 amide bonds. The molecule has 11 heteroatoms. The molecule has 0 bridgehead atoms. The normalized spacial score (nSPS) is 16.1. The summed E-state index contributed by atoms with van der Waals surface area (Å²) in [5.41, 5.74) is -1.25. The predicted molar refractivity (Wildman–Crippen MR) is 120 cm³/mol. The van der Waals surface area contributed by atoms with E-state index in [1.807, 2.05) is 0 Å². The molecule has 0 aliphatic carbocycles. The van der Waals surface area contributed by atoms with Gasteiger partial charge in [0.15, 0.2) is 0 Å². The lowest BCUT2D eigenvalue weighted by atomic mass is 10.1. The van der Waals surface area contributed by atoms with E-state index in [1.54, 1.807) is 20.8 Å². The van der Waals surface area contributed by atoms with Gasteiger partial charge in [0.05, 0.1) is 17.8 Å². The van der Waals surface area contributed by atoms with Gasteiger partial charge in [-0.05, 0) is 45.0 Å². The van der Waals surface area contributed by atoms with Gasteiger partial charge in [-0.15, -0.1) is 11.8 Å². The van der Waals surface area contributed by atoms with Crippen molar-refractivity contribution in [3.63, 3.8) is 0 Å². The van der Waals surface area contributed by atoms with Gasteiger partial charge in [-0.3, -0.25) is 4.79 Å². The van der Waals surface area contributed by atoms with E-state index in [0.29, 0.717) is 0 Å². The molecule has 1 aliphatic rings. The number of fused-ring (bicyclic) bond motifs is 1. The second kappa shape index (κ2) is 9.56. The molecule has 1 heterocycles. The second-order valence-electron chi connectivity index (χ2n) is 8.27. The Morgan fingerprint density at radius 2 is 1.94 bits per heavy atom. The van der Waals surface area contributed by atoms with E-state index in [2.05, 4.69) is 5.32 Å². The molecule has 33 heavy (non-hydrogen) atoms. The monoisotopic (exact) mass is 498 g/mol. The van der Waals surface area contributed by atoms with Crippen molar-refractivity contribution in [1.82, 2.24) is 5.32 Å². The SMILES string of the molecule is CC(C)(C)OC(=O)N[C@H]1CSc2cc(F)c(C(=O)O)cc2N(Cc2ccc(Cl)cc2F)C1=O. The molecule has 0 aromatic heterocycles. The van der Waals surface area contributed by atoms with E-state index >= 15 is 0 Å². The average molecular weight is 499 g/mol. The van der Waals surface area contributed by atoms with E-state index in [0.717, 1.165) is 34.9 Å². The summed E-state index contributed by atoms with van der Waals surface area (Å²) in [6.07, 6.45) is -0.831. The van der Waals surface area contributed by atoms with Crippen molar-refractivity contribution < 1.29 is 33.0 Å². The minimum absolute atomic E-state index is 0.0243. The fourth-order valence-electron chi connectivity index (χ4n) is 3.12. The lowest BCUT2D eigenvalue weighted by Gasteiger charge is -2.27. The molecule has 7 nitrogen and oxygen atoms in total. The standard InChI is InChI=1S/C22H21ClF2N2O5S/c1-22(2,3)32-21(31)26-16-10-33-18-8-15(25)13(20(29)30)7-17(18)27(19(16)28)9-11-4-5-12(23)6-14(11)24/h4-8,16H,9-10H2,1-3H3,(H,26,31)(H,29,30)/t16-/m0/s1. The zero-order valence-corrected chi connectivity index (χ0v) is 19.5. The van der Waals surface area contributed by atoms with Crippen LogP contribution in [0.4, 0.5) is 19.3 Å². The number of rotatable bonds is 4. The topological polar surface area (TPSA) is 95.9 Å². The first-order valence-electron chi connectivity index (χ1n) is 9.80. The Balaban J connectivity index is 2.03. The van der Waals surface area contributed by atoms with Crippen LogP contribution in [0, 0.1) is 11.6 Å². The number of alkyl carbamates (subject to hydrolysis) is 1. The third-order valence-electron chi connectivity index (χ3n) is 4.57. The summed E-state index contributed by atoms with van der Waals surface area (Å²) >= 11 is 6.87. The van der Waals surface area contributed by atoms with Crippen LogP contribution in [0.1, 0.15) is 36.7 Å². The zero-order chi connectivity index (χ0) is 24.5. The number of thioether (sulfide) groups is 1. The molecule has 0 spiro atoms. The van der Waals surface area contributed by atoms with Crippen molar-refractivity contribution in [2.45, 2.75) is 43.9 Å². The molecule has 0 radical (unpaired) electrons. The van der Waals surface area contributed by atoms with Crippen molar-refractivity contribution in [1.29, 1.82) is 0 Å². The molecule has 0 unspecified atom stereocenters. The molecule has 2 aromatic carbocycles. The quantitative estimate of drug-likeness (QED) is 0.625. The lowest BCUT2D eigenvalue weighted by Crippen LogP contribution is -2.50. The van der Waals surface area contributed by atoms with Crippen molar-refractivity contribution in [3.8, 4) is 0 Å². The Morgan fingerprint density at radius 3 is 2.55 bits per heavy atom. The van der Waals surface area contributed by atoms with Gasteiger partial charge in [0.2, 0.25) is 0 Å². The number of aromatic carboxylic acids is 1. The number of carbonyl (C=O) groups is 3. The average Bonchev–Trinajstić information content (AvgIpc) is 2.79. The highest BCUT2D eigenvalue weighted by molar-refractivity contribution is 7.99. The molecule has 3 rings (SSSR count). The highest BCUT2D eigenvalue weighted by Crippen LogP contribution is 2.37. The molecule has 176 valence electrons. The number of halogens is 3. The number of nitrogens with one attached hydrogen (secondary N) is 1. The molecule has 2 N–H and O–H groups in total. The maximum atomic E-state index is 14.5. The fourth-order valence-corrected chi connectivity index (χ4v) is 4.36. The van der Waals surface area contributed by atoms with Gasteiger partial charge in [0, 0.05) is 21.2 Å². The van der Waals surface area contributed by atoms with Crippen LogP contribution < -0.4 is 10.2 Å². The summed E-state index contributed by atoms with van der Waals surface area (Å²) < 4.78 is 34.1.